The number of hydrogen-bond donors (Lipinski definition) is 22. The highest BCUT2D eigenvalue weighted by atomic mass is 16.3. The third-order valence-corrected chi connectivity index (χ3v) is 22.4. The van der Waals surface area contributed by atoms with E-state index in [1.54, 1.807) is 74.8 Å². The molecule has 40 nitrogen and oxygen atoms in total. The van der Waals surface area contributed by atoms with Crippen LogP contribution in [0, 0.1) is 5.92 Å². The second kappa shape index (κ2) is 49.3. The average Bonchev–Trinajstić information content (AvgIpc) is 1.64. The third-order valence-electron chi connectivity index (χ3n) is 22.4. The van der Waals surface area contributed by atoms with Gasteiger partial charge in [0.05, 0.1) is 6.10 Å². The molecule has 40 heteroatoms. The van der Waals surface area contributed by atoms with Crippen LogP contribution in [0.1, 0.15) is 161 Å². The third kappa shape index (κ3) is 28.3. The second-order valence-electron chi connectivity index (χ2n) is 32.1. The van der Waals surface area contributed by atoms with Gasteiger partial charge >= 0.3 is 0 Å². The van der Waals surface area contributed by atoms with Crippen LogP contribution >= 0.6 is 0 Å². The minimum Gasteiger partial charge on any atom is -0.391 e. The van der Waals surface area contributed by atoms with E-state index in [0.717, 1.165) is 4.90 Å². The van der Waals surface area contributed by atoms with Gasteiger partial charge in [-0.1, -0.05) is 50.2 Å². The number of unbranched alkanes of at least 4 members (excludes halogenated alkanes) is 2. The van der Waals surface area contributed by atoms with Crippen molar-refractivity contribution in [3.63, 3.8) is 0 Å². The summed E-state index contributed by atoms with van der Waals surface area (Å²) in [5.74, 6) is -12.3. The number of carbonyl (C=O) groups is 14. The lowest BCUT2D eigenvalue weighted by molar-refractivity contribution is -0.149. The van der Waals surface area contributed by atoms with Gasteiger partial charge in [0.2, 0.25) is 82.7 Å². The Morgan fingerprint density at radius 3 is 1.24 bits per heavy atom. The maximum Gasteiger partial charge on any atom is 0.246 e. The lowest BCUT2D eigenvalue weighted by atomic mass is 9.99. The molecule has 4 aromatic rings. The van der Waals surface area contributed by atoms with Gasteiger partial charge in [0.15, 0.2) is 5.96 Å². The van der Waals surface area contributed by atoms with Gasteiger partial charge in [0.25, 0.3) is 0 Å². The molecule has 0 bridgehead atoms. The molecule has 15 atom stereocenters. The quantitative estimate of drug-likeness (QED) is 0.0138. The fourth-order valence-corrected chi connectivity index (χ4v) is 15.5. The van der Waals surface area contributed by atoms with Crippen LogP contribution in [0.25, 0.3) is 21.8 Å². The molecule has 2 aromatic heterocycles. The number of H-pyrrole nitrogens is 2. The van der Waals surface area contributed by atoms with Gasteiger partial charge in [0, 0.05) is 73.7 Å². The van der Waals surface area contributed by atoms with Crippen LogP contribution < -0.4 is 104 Å². The van der Waals surface area contributed by atoms with Crippen LogP contribution in [0.15, 0.2) is 65.9 Å². The first-order valence-electron chi connectivity index (χ1n) is 42.6. The van der Waals surface area contributed by atoms with Crippen molar-refractivity contribution in [2.75, 3.05) is 66.0 Å². The number of aliphatic hydroxyl groups is 1. The van der Waals surface area contributed by atoms with E-state index < -0.39 is 173 Å². The number of benzene rings is 2. The van der Waals surface area contributed by atoms with E-state index in [9.17, 15) is 43.5 Å². The van der Waals surface area contributed by atoms with Crippen molar-refractivity contribution in [2.45, 2.75) is 253 Å². The Labute approximate surface area is 710 Å². The Morgan fingerprint density at radius 2 is 0.779 bits per heavy atom. The molecule has 674 valence electrons. The number of aromatic nitrogens is 2. The summed E-state index contributed by atoms with van der Waals surface area (Å²) in [6.45, 7) is 6.45. The Bertz CT molecular complexity index is 4230. The first-order chi connectivity index (χ1) is 58.4. The molecule has 3 fully saturated rings. The number of rotatable bonds is 29. The number of nitrogens with one attached hydrogen (secondary N) is 13. The summed E-state index contributed by atoms with van der Waals surface area (Å²) in [5, 5.41) is 42.9. The summed E-state index contributed by atoms with van der Waals surface area (Å²) < 4.78 is 0. The standard InChI is InChI=1S/C82H131N25O15/c1-46(2)41-62-74(115)98-59(30-36-87)73(114)95-56(25-14-34-85)70(111)94-55(23-10-12-32-83)69(110)96-58(27-16-38-91-82(89)90)72(113)102-63(42-49-44-92-53-21-8-6-19-51(49)53)75(116)97-57(26-15-35-86)71(112)100-61(31-37-88)79(120)105(5)47(3)68(109)99-60(24-11-13-33-84)80(121)107-40-18-29-66(107)81(122)106-39-17-28-65(106)77(118)104-67(48(4)108)78(119)103-64(76(117)101-62)43-50-45-93-54-22-9-7-20-52(50)54/h6-9,19-22,44-48,55-67,92-93,108H,10-18,23-43,83-88H2,1-5H3,(H,94,111)(H,95,114)(H,96,110)(H,97,116)(H,98,115)(H,99,109)(H,100,112)(H,101,117)(H,102,113)(H,103,119)(H,104,118)(H4,89,90,91)/t47-,48+,55+,56-,57-,58-,59-,60-,61-,62-,63-,64-,65-,66+,67-/m0/s1. The van der Waals surface area contributed by atoms with Crippen LogP contribution in [0.2, 0.25) is 0 Å². The summed E-state index contributed by atoms with van der Waals surface area (Å²) in [7, 11) is 1.32. The molecule has 5 heterocycles. The zero-order valence-corrected chi connectivity index (χ0v) is 70.8. The summed E-state index contributed by atoms with van der Waals surface area (Å²) >= 11 is 0. The highest BCUT2D eigenvalue weighted by Crippen LogP contribution is 2.28. The number of para-hydroxylation sites is 2. The fraction of sp³-hybridized carbons (Fsp3) is 0.622. The van der Waals surface area contributed by atoms with E-state index in [0.29, 0.717) is 65.0 Å². The topological polar surface area (TPSA) is 653 Å². The molecule has 3 aliphatic heterocycles. The Morgan fingerprint density at radius 1 is 0.410 bits per heavy atom. The van der Waals surface area contributed by atoms with Gasteiger partial charge < -0.3 is 134 Å². The molecule has 3 aliphatic rings. The molecule has 2 aromatic carbocycles. The summed E-state index contributed by atoms with van der Waals surface area (Å²) in [4.78, 5) is 223. The van der Waals surface area contributed by atoms with Crippen molar-refractivity contribution < 1.29 is 72.2 Å². The zero-order chi connectivity index (χ0) is 89.3. The second-order valence-corrected chi connectivity index (χ2v) is 32.1. The molecule has 0 spiro atoms. The summed E-state index contributed by atoms with van der Waals surface area (Å²) in [6, 6.07) is -5.61. The summed E-state index contributed by atoms with van der Waals surface area (Å²) in [6.07, 6.45) is 3.15. The van der Waals surface area contributed by atoms with E-state index in [2.05, 4.69) is 73.4 Å². The SMILES string of the molecule is CC(C)C[C@@H]1NC(=O)[C@H](Cc2c[nH]c3ccccc23)NC(=O)[C@H]([C@@H](C)O)NC(=O)[C@@H]2CCCN2C(=O)[C@H]2CCCN2C(=O)[C@H](CCCCN)NC(=O)[C@H](C)N(C)C(=O)[C@H](CCN)NC(=O)[C@H](CCCN)NC(=O)[C@H](Cc2c[nH]c3ccccc23)NC(=O)[C@H](CCCN=C(N)N)NC(=O)[C@@H](CCCCN)NC(=O)[C@H](CCCN)NC(=O)[C@H](CCN)NC1=O. The van der Waals surface area contributed by atoms with E-state index in [1.807, 2.05) is 0 Å². The van der Waals surface area contributed by atoms with Gasteiger partial charge in [0.1, 0.15) is 84.6 Å². The maximum atomic E-state index is 15.2. The highest BCUT2D eigenvalue weighted by molar-refractivity contribution is 6.02. The predicted molar refractivity (Wildman–Crippen MR) is 458 cm³/mol. The smallest absolute Gasteiger partial charge is 0.246 e. The van der Waals surface area contributed by atoms with E-state index in [1.165, 1.54) is 30.7 Å². The maximum absolute atomic E-state index is 15.2. The number of aromatic amines is 2. The van der Waals surface area contributed by atoms with Crippen LogP contribution in [0.4, 0.5) is 0 Å². The first-order valence-corrected chi connectivity index (χ1v) is 42.6. The molecule has 3 saturated heterocycles. The normalized spacial score (nSPS) is 25.5. The number of nitrogens with two attached hydrogens (primary N) is 8. The predicted octanol–water partition coefficient (Wildman–Crippen LogP) is -4.48. The monoisotopic (exact) mass is 1710 g/mol. The average molecular weight is 1710 g/mol. The number of guanidine groups is 1. The lowest BCUT2D eigenvalue weighted by Crippen LogP contribution is -2.62. The van der Waals surface area contributed by atoms with Crippen molar-refractivity contribution in [2.24, 2.45) is 56.8 Å². The molecule has 0 aliphatic carbocycles. The Hall–Kier alpha value is -10.9. The van der Waals surface area contributed by atoms with E-state index in [4.69, 9.17) is 45.9 Å². The summed E-state index contributed by atoms with van der Waals surface area (Å²) in [5.41, 5.74) is 50.0. The molecule has 14 amide bonds. The van der Waals surface area contributed by atoms with Gasteiger partial charge in [-0.15, -0.1) is 0 Å². The number of nitrogens with zero attached hydrogens (tertiary/aromatic N) is 4. The molecule has 30 N–H and O–H groups in total. The molecular formula is C82H131N25O15. The van der Waals surface area contributed by atoms with Gasteiger partial charge in [-0.05, 0) is 204 Å². The van der Waals surface area contributed by atoms with Crippen LogP contribution in [0.5, 0.6) is 0 Å². The Balaban J connectivity index is 1.30. The van der Waals surface area contributed by atoms with Crippen molar-refractivity contribution in [1.29, 1.82) is 0 Å². The minimum atomic E-state index is -1.76. The molecule has 122 heavy (non-hydrogen) atoms. The number of hydrogen-bond acceptors (Lipinski definition) is 22. The van der Waals surface area contributed by atoms with E-state index in [-0.39, 0.29) is 174 Å². The largest absolute Gasteiger partial charge is 0.391 e. The first kappa shape index (κ1) is 98.2. The van der Waals surface area contributed by atoms with Crippen molar-refractivity contribution >= 4 is 110 Å². The number of amides is 14. The van der Waals surface area contributed by atoms with Gasteiger partial charge in [-0.2, -0.15) is 0 Å². The van der Waals surface area contributed by atoms with Gasteiger partial charge in [-0.25, -0.2) is 0 Å². The number of aliphatic imine (C=N–C) groups is 1. The highest BCUT2D eigenvalue weighted by Gasteiger charge is 2.46. The number of fused-ring (bicyclic) bond motifs is 4. The van der Waals surface area contributed by atoms with Crippen molar-refractivity contribution in [3.05, 3.63) is 72.1 Å². The van der Waals surface area contributed by atoms with Crippen LogP contribution in [-0.4, -0.2) is 275 Å². The molecule has 0 radical (unpaired) electrons. The van der Waals surface area contributed by atoms with Crippen LogP contribution in [0.3, 0.4) is 0 Å². The van der Waals surface area contributed by atoms with E-state index >= 15 is 28.8 Å². The molecule has 0 saturated carbocycles. The minimum absolute atomic E-state index is 0.0338. The number of likely N-dealkylation sites (N-methyl/N-ethyl adjacent to an activating group) is 1. The number of aliphatic hydroxyl groups excluding tert-OH is 1. The fourth-order valence-electron chi connectivity index (χ4n) is 15.5. The zero-order valence-electron chi connectivity index (χ0n) is 70.8. The Kier molecular flexibility index (Phi) is 39.6. The molecule has 0 unspecified atom stereocenters. The number of carbonyl (C=O) groups excluding carboxylic acids is 14. The van der Waals surface area contributed by atoms with Gasteiger partial charge in [-0.3, -0.25) is 72.1 Å². The van der Waals surface area contributed by atoms with Crippen molar-refractivity contribution in [1.82, 2.24) is 83.2 Å². The molecule has 7 rings (SSSR count). The lowest BCUT2D eigenvalue weighted by Gasteiger charge is -2.34. The van der Waals surface area contributed by atoms with Crippen LogP contribution in [-0.2, 0) is 80.0 Å². The molecular weight excluding hydrogens is 1580 g/mol. The van der Waals surface area contributed by atoms with Crippen molar-refractivity contribution in [3.8, 4) is 0 Å².